The molecule has 5 nitrogen and oxygen atoms in total. The lowest BCUT2D eigenvalue weighted by molar-refractivity contribution is 0.425. The van der Waals surface area contributed by atoms with E-state index in [1.54, 1.807) is 0 Å². The van der Waals surface area contributed by atoms with Crippen molar-refractivity contribution in [2.45, 2.75) is 18.9 Å². The number of nitrogens with one attached hydrogen (secondary N) is 3. The topological polar surface area (TPSA) is 70.2 Å². The highest BCUT2D eigenvalue weighted by atomic mass is 32.2. The third-order valence-corrected chi connectivity index (χ3v) is 4.48. The van der Waals surface area contributed by atoms with Crippen LogP contribution in [0.1, 0.15) is 12.8 Å². The molecule has 3 N–H and O–H groups in total. The van der Waals surface area contributed by atoms with Crippen LogP contribution in [0.4, 0.5) is 0 Å². The summed E-state index contributed by atoms with van der Waals surface area (Å²) < 4.78 is 27.6. The molecule has 0 aromatic rings. The van der Waals surface area contributed by atoms with Crippen molar-refractivity contribution < 1.29 is 8.42 Å². The summed E-state index contributed by atoms with van der Waals surface area (Å²) in [6, 6.07) is 0.118. The summed E-state index contributed by atoms with van der Waals surface area (Å²) in [5, 5.41) is 3.30. The fourth-order valence-corrected chi connectivity index (χ4v) is 3.36. The van der Waals surface area contributed by atoms with Gasteiger partial charge in [0.1, 0.15) is 0 Å². The third kappa shape index (κ3) is 1.93. The first kappa shape index (κ1) is 10.4. The summed E-state index contributed by atoms with van der Waals surface area (Å²) in [4.78, 5) is 0. The molecule has 2 fully saturated rings. The van der Waals surface area contributed by atoms with Gasteiger partial charge < -0.3 is 5.32 Å². The highest BCUT2D eigenvalue weighted by Gasteiger charge is 2.40. The maximum atomic E-state index is 11.3. The van der Waals surface area contributed by atoms with Gasteiger partial charge in [0, 0.05) is 13.1 Å². The van der Waals surface area contributed by atoms with Gasteiger partial charge in [0.25, 0.3) is 10.2 Å². The van der Waals surface area contributed by atoms with E-state index in [1.807, 2.05) is 0 Å². The van der Waals surface area contributed by atoms with Gasteiger partial charge in [0.05, 0.1) is 0 Å². The highest BCUT2D eigenvalue weighted by molar-refractivity contribution is 7.87. The number of fused-ring (bicyclic) bond motifs is 1. The monoisotopic (exact) mass is 219 g/mol. The molecule has 3 unspecified atom stereocenters. The van der Waals surface area contributed by atoms with Gasteiger partial charge in [-0.1, -0.05) is 0 Å². The van der Waals surface area contributed by atoms with Crippen LogP contribution in [0, 0.1) is 11.8 Å². The van der Waals surface area contributed by atoms with Crippen LogP contribution in [0.5, 0.6) is 0 Å². The average molecular weight is 219 g/mol. The van der Waals surface area contributed by atoms with Crippen molar-refractivity contribution in [2.75, 3.05) is 20.1 Å². The zero-order valence-corrected chi connectivity index (χ0v) is 9.10. The molecule has 0 radical (unpaired) electrons. The van der Waals surface area contributed by atoms with Crippen LogP contribution < -0.4 is 14.8 Å². The van der Waals surface area contributed by atoms with Gasteiger partial charge >= 0.3 is 0 Å². The Morgan fingerprint density at radius 1 is 1.29 bits per heavy atom. The van der Waals surface area contributed by atoms with Crippen molar-refractivity contribution in [2.24, 2.45) is 11.8 Å². The highest BCUT2D eigenvalue weighted by Crippen LogP contribution is 2.34. The van der Waals surface area contributed by atoms with Gasteiger partial charge in [-0.3, -0.25) is 0 Å². The van der Waals surface area contributed by atoms with E-state index in [0.29, 0.717) is 11.8 Å². The van der Waals surface area contributed by atoms with Crippen LogP contribution in [0.15, 0.2) is 0 Å². The maximum Gasteiger partial charge on any atom is 0.276 e. The second-order valence-electron chi connectivity index (χ2n) is 4.09. The van der Waals surface area contributed by atoms with Gasteiger partial charge in [-0.25, -0.2) is 4.72 Å². The Balaban J connectivity index is 1.99. The standard InChI is InChI=1S/C8H17N3O2S/c1-9-14(12,13)11-8-3-2-6-4-10-5-7(6)8/h6-11H,2-5H2,1H3. The predicted molar refractivity (Wildman–Crippen MR) is 54.0 cm³/mol. The Morgan fingerprint density at radius 3 is 2.79 bits per heavy atom. The fourth-order valence-electron chi connectivity index (χ4n) is 2.55. The predicted octanol–water partition coefficient (Wildman–Crippen LogP) is -0.962. The van der Waals surface area contributed by atoms with Crippen molar-refractivity contribution in [3.05, 3.63) is 0 Å². The van der Waals surface area contributed by atoms with E-state index in [9.17, 15) is 8.42 Å². The Kier molecular flexibility index (Phi) is 2.79. The summed E-state index contributed by atoms with van der Waals surface area (Å²) in [7, 11) is -1.84. The van der Waals surface area contributed by atoms with E-state index < -0.39 is 10.2 Å². The van der Waals surface area contributed by atoms with Gasteiger partial charge in [-0.2, -0.15) is 13.1 Å². The number of hydrogen-bond acceptors (Lipinski definition) is 3. The molecule has 3 atom stereocenters. The number of hydrogen-bond donors (Lipinski definition) is 3. The van der Waals surface area contributed by atoms with Gasteiger partial charge in [0.15, 0.2) is 0 Å². The molecule has 6 heteroatoms. The van der Waals surface area contributed by atoms with Crippen LogP contribution in [0.25, 0.3) is 0 Å². The zero-order chi connectivity index (χ0) is 10.2. The van der Waals surface area contributed by atoms with E-state index >= 15 is 0 Å². The van der Waals surface area contributed by atoms with Crippen LogP contribution >= 0.6 is 0 Å². The molecule has 1 saturated heterocycles. The Morgan fingerprint density at radius 2 is 2.07 bits per heavy atom. The van der Waals surface area contributed by atoms with Crippen LogP contribution in [-0.2, 0) is 10.2 Å². The first-order valence-corrected chi connectivity index (χ1v) is 6.52. The van der Waals surface area contributed by atoms with Gasteiger partial charge in [-0.15, -0.1) is 0 Å². The molecular formula is C8H17N3O2S. The minimum atomic E-state index is -3.27. The smallest absolute Gasteiger partial charge is 0.276 e. The molecule has 1 saturated carbocycles. The SMILES string of the molecule is CNS(=O)(=O)NC1CCC2CNCC21. The molecule has 0 aromatic carbocycles. The quantitative estimate of drug-likeness (QED) is 0.572. The Hall–Kier alpha value is -0.170. The lowest BCUT2D eigenvalue weighted by atomic mass is 9.98. The second kappa shape index (κ2) is 3.77. The Bertz CT molecular complexity index is 304. The van der Waals surface area contributed by atoms with Gasteiger partial charge in [-0.05, 0) is 37.8 Å². The molecule has 0 spiro atoms. The normalized spacial score (nSPS) is 37.4. The summed E-state index contributed by atoms with van der Waals surface area (Å²) in [5.41, 5.74) is 0. The number of rotatable bonds is 3. The van der Waals surface area contributed by atoms with E-state index in [2.05, 4.69) is 14.8 Å². The molecule has 1 heterocycles. The first-order chi connectivity index (χ1) is 6.62. The molecule has 82 valence electrons. The summed E-state index contributed by atoms with van der Waals surface area (Å²) in [6.45, 7) is 1.99. The van der Waals surface area contributed by atoms with Crippen LogP contribution in [0.3, 0.4) is 0 Å². The fraction of sp³-hybridized carbons (Fsp3) is 1.00. The molecule has 2 aliphatic rings. The molecule has 1 aliphatic heterocycles. The molecule has 1 aliphatic carbocycles. The van der Waals surface area contributed by atoms with Crippen molar-refractivity contribution in [1.82, 2.24) is 14.8 Å². The van der Waals surface area contributed by atoms with Gasteiger partial charge in [0.2, 0.25) is 0 Å². The van der Waals surface area contributed by atoms with Crippen molar-refractivity contribution in [3.8, 4) is 0 Å². The van der Waals surface area contributed by atoms with E-state index in [0.717, 1.165) is 25.9 Å². The van der Waals surface area contributed by atoms with E-state index in [-0.39, 0.29) is 6.04 Å². The molecule has 2 rings (SSSR count). The van der Waals surface area contributed by atoms with Crippen molar-refractivity contribution in [3.63, 3.8) is 0 Å². The van der Waals surface area contributed by atoms with Crippen molar-refractivity contribution >= 4 is 10.2 Å². The minimum Gasteiger partial charge on any atom is -0.316 e. The van der Waals surface area contributed by atoms with Crippen LogP contribution in [0.2, 0.25) is 0 Å². The lowest BCUT2D eigenvalue weighted by Crippen LogP contribution is -2.44. The first-order valence-electron chi connectivity index (χ1n) is 5.04. The molecular weight excluding hydrogens is 202 g/mol. The second-order valence-corrected chi connectivity index (χ2v) is 5.74. The molecule has 0 aromatic heterocycles. The summed E-state index contributed by atoms with van der Waals surface area (Å²) in [6.07, 6.45) is 2.10. The minimum absolute atomic E-state index is 0.118. The molecule has 0 amide bonds. The van der Waals surface area contributed by atoms with Crippen molar-refractivity contribution in [1.29, 1.82) is 0 Å². The van der Waals surface area contributed by atoms with E-state index in [1.165, 1.54) is 7.05 Å². The van der Waals surface area contributed by atoms with Crippen LogP contribution in [-0.4, -0.2) is 34.6 Å². The lowest BCUT2D eigenvalue weighted by Gasteiger charge is -2.18. The third-order valence-electron chi connectivity index (χ3n) is 3.33. The molecule has 0 bridgehead atoms. The average Bonchev–Trinajstić information content (AvgIpc) is 2.70. The van der Waals surface area contributed by atoms with E-state index in [4.69, 9.17) is 0 Å². The largest absolute Gasteiger partial charge is 0.316 e. The maximum absolute atomic E-state index is 11.3. The molecule has 14 heavy (non-hydrogen) atoms. The zero-order valence-electron chi connectivity index (χ0n) is 8.29. The summed E-state index contributed by atoms with van der Waals surface area (Å²) in [5.74, 6) is 1.15. The summed E-state index contributed by atoms with van der Waals surface area (Å²) >= 11 is 0. The Labute approximate surface area is 84.8 Å².